The van der Waals surface area contributed by atoms with Gasteiger partial charge in [0.15, 0.2) is 0 Å². The van der Waals surface area contributed by atoms with Crippen LogP contribution in [0.5, 0.6) is 0 Å². The molecule has 3 rings (SSSR count). The molecule has 1 N–H and O–H groups in total. The molecule has 2 aromatic rings. The van der Waals surface area contributed by atoms with Crippen LogP contribution in [0.25, 0.3) is 0 Å². The molecule has 0 fully saturated rings. The van der Waals surface area contributed by atoms with E-state index in [0.29, 0.717) is 6.04 Å². The van der Waals surface area contributed by atoms with Gasteiger partial charge in [0.05, 0.1) is 0 Å². The van der Waals surface area contributed by atoms with E-state index in [-0.39, 0.29) is 0 Å². The Kier molecular flexibility index (Phi) is 4.73. The van der Waals surface area contributed by atoms with Crippen LogP contribution in [-0.2, 0) is 13.1 Å². The number of fused-ring (bicyclic) bond motifs is 1. The molecule has 0 amide bonds. The largest absolute Gasteiger partial charge is 0.313 e. The summed E-state index contributed by atoms with van der Waals surface area (Å²) in [5, 5.41) is 3.44. The van der Waals surface area contributed by atoms with Crippen molar-refractivity contribution in [2.45, 2.75) is 25.6 Å². The van der Waals surface area contributed by atoms with E-state index in [0.717, 1.165) is 30.5 Å². The van der Waals surface area contributed by atoms with Gasteiger partial charge in [0.1, 0.15) is 0 Å². The predicted molar refractivity (Wildman–Crippen MR) is 91.1 cm³/mol. The van der Waals surface area contributed by atoms with Crippen molar-refractivity contribution >= 4 is 15.9 Å². The molecule has 0 aliphatic carbocycles. The van der Waals surface area contributed by atoms with Gasteiger partial charge in [-0.2, -0.15) is 0 Å². The molecule has 1 aliphatic rings. The summed E-state index contributed by atoms with van der Waals surface area (Å²) in [5.41, 5.74) is 4.33. The summed E-state index contributed by atoms with van der Waals surface area (Å²) in [5.74, 6) is 0. The van der Waals surface area contributed by atoms with E-state index in [4.69, 9.17) is 0 Å². The molecule has 0 aromatic heterocycles. The third-order valence-electron chi connectivity index (χ3n) is 4.26. The van der Waals surface area contributed by atoms with Crippen LogP contribution in [0.3, 0.4) is 0 Å². The van der Waals surface area contributed by atoms with Crippen molar-refractivity contribution in [1.82, 2.24) is 10.2 Å². The topological polar surface area (TPSA) is 15.3 Å². The van der Waals surface area contributed by atoms with Gasteiger partial charge in [0.25, 0.3) is 0 Å². The van der Waals surface area contributed by atoms with E-state index in [1.807, 2.05) is 7.05 Å². The molecule has 110 valence electrons. The fourth-order valence-corrected chi connectivity index (χ4v) is 3.31. The number of benzene rings is 2. The SMILES string of the molecule is CNC(CCN1Cc2ccccc2C1)c1ccc(Br)cc1. The summed E-state index contributed by atoms with van der Waals surface area (Å²) >= 11 is 3.50. The van der Waals surface area contributed by atoms with E-state index in [1.165, 1.54) is 16.7 Å². The molecule has 0 bridgehead atoms. The fourth-order valence-electron chi connectivity index (χ4n) is 3.05. The Morgan fingerprint density at radius 1 is 1.05 bits per heavy atom. The standard InChI is InChI=1S/C18H21BrN2/c1-20-18(14-6-8-17(19)9-7-14)10-11-21-12-15-4-2-3-5-16(15)13-21/h2-9,18,20H,10-13H2,1H3. The molecule has 2 aromatic carbocycles. The molecule has 2 nitrogen and oxygen atoms in total. The molecule has 1 aliphatic heterocycles. The lowest BCUT2D eigenvalue weighted by atomic mass is 10.0. The van der Waals surface area contributed by atoms with Crippen molar-refractivity contribution in [2.24, 2.45) is 0 Å². The Hall–Kier alpha value is -1.16. The van der Waals surface area contributed by atoms with Crippen LogP contribution in [0, 0.1) is 0 Å². The van der Waals surface area contributed by atoms with Crippen molar-refractivity contribution < 1.29 is 0 Å². The molecular formula is C18H21BrN2. The zero-order valence-corrected chi connectivity index (χ0v) is 13.9. The maximum Gasteiger partial charge on any atom is 0.0329 e. The highest BCUT2D eigenvalue weighted by atomic mass is 79.9. The van der Waals surface area contributed by atoms with Gasteiger partial charge in [0.2, 0.25) is 0 Å². The van der Waals surface area contributed by atoms with Crippen LogP contribution in [0.2, 0.25) is 0 Å². The Morgan fingerprint density at radius 2 is 1.67 bits per heavy atom. The Labute approximate surface area is 135 Å². The van der Waals surface area contributed by atoms with Crippen LogP contribution < -0.4 is 5.32 Å². The molecule has 0 saturated carbocycles. The van der Waals surface area contributed by atoms with Crippen molar-refractivity contribution in [1.29, 1.82) is 0 Å². The Balaban J connectivity index is 1.58. The van der Waals surface area contributed by atoms with Crippen LogP contribution in [0.15, 0.2) is 53.0 Å². The fraction of sp³-hybridized carbons (Fsp3) is 0.333. The summed E-state index contributed by atoms with van der Waals surface area (Å²) in [4.78, 5) is 2.54. The molecule has 0 saturated heterocycles. The van der Waals surface area contributed by atoms with Gasteiger partial charge in [0, 0.05) is 30.1 Å². The minimum Gasteiger partial charge on any atom is -0.313 e. The van der Waals surface area contributed by atoms with E-state index in [1.54, 1.807) is 0 Å². The maximum absolute atomic E-state index is 3.50. The molecule has 3 heteroatoms. The second-order valence-electron chi connectivity index (χ2n) is 5.66. The monoisotopic (exact) mass is 344 g/mol. The second-order valence-corrected chi connectivity index (χ2v) is 6.58. The predicted octanol–water partition coefficient (Wildman–Crippen LogP) is 4.12. The lowest BCUT2D eigenvalue weighted by molar-refractivity contribution is 0.266. The molecule has 1 heterocycles. The lowest BCUT2D eigenvalue weighted by Gasteiger charge is -2.21. The number of nitrogens with zero attached hydrogens (tertiary/aromatic N) is 1. The first-order valence-corrected chi connectivity index (χ1v) is 8.27. The summed E-state index contributed by atoms with van der Waals surface area (Å²) in [6.07, 6.45) is 1.13. The Morgan fingerprint density at radius 3 is 2.24 bits per heavy atom. The van der Waals surface area contributed by atoms with Crippen molar-refractivity contribution in [3.63, 3.8) is 0 Å². The summed E-state index contributed by atoms with van der Waals surface area (Å²) in [6, 6.07) is 17.8. The average molecular weight is 345 g/mol. The molecule has 1 atom stereocenters. The van der Waals surface area contributed by atoms with Crippen molar-refractivity contribution in [3.05, 3.63) is 69.7 Å². The number of nitrogens with one attached hydrogen (secondary N) is 1. The Bertz CT molecular complexity index is 569. The van der Waals surface area contributed by atoms with Crippen LogP contribution in [0.4, 0.5) is 0 Å². The van der Waals surface area contributed by atoms with Crippen LogP contribution >= 0.6 is 15.9 Å². The number of hydrogen-bond donors (Lipinski definition) is 1. The van der Waals surface area contributed by atoms with E-state index in [2.05, 4.69) is 74.7 Å². The molecule has 21 heavy (non-hydrogen) atoms. The van der Waals surface area contributed by atoms with Crippen molar-refractivity contribution in [3.8, 4) is 0 Å². The summed E-state index contributed by atoms with van der Waals surface area (Å²) < 4.78 is 1.14. The molecule has 1 unspecified atom stereocenters. The highest BCUT2D eigenvalue weighted by Gasteiger charge is 2.19. The van der Waals surface area contributed by atoms with Gasteiger partial charge in [-0.15, -0.1) is 0 Å². The normalized spacial score (nSPS) is 15.9. The van der Waals surface area contributed by atoms with Crippen molar-refractivity contribution in [2.75, 3.05) is 13.6 Å². The first kappa shape index (κ1) is 14.8. The zero-order valence-electron chi connectivity index (χ0n) is 12.3. The van der Waals surface area contributed by atoms with Gasteiger partial charge < -0.3 is 5.32 Å². The number of halogens is 1. The zero-order chi connectivity index (χ0) is 14.7. The first-order chi connectivity index (χ1) is 10.3. The highest BCUT2D eigenvalue weighted by molar-refractivity contribution is 9.10. The van der Waals surface area contributed by atoms with Gasteiger partial charge in [-0.25, -0.2) is 0 Å². The minimum absolute atomic E-state index is 0.418. The van der Waals surface area contributed by atoms with Crippen LogP contribution in [-0.4, -0.2) is 18.5 Å². The first-order valence-electron chi connectivity index (χ1n) is 7.48. The molecular weight excluding hydrogens is 324 g/mol. The average Bonchev–Trinajstić information content (AvgIpc) is 2.92. The minimum atomic E-state index is 0.418. The van der Waals surface area contributed by atoms with Gasteiger partial charge in [-0.1, -0.05) is 52.3 Å². The number of rotatable bonds is 5. The van der Waals surface area contributed by atoms with Gasteiger partial charge in [-0.3, -0.25) is 4.90 Å². The summed E-state index contributed by atoms with van der Waals surface area (Å²) in [7, 11) is 2.05. The highest BCUT2D eigenvalue weighted by Crippen LogP contribution is 2.25. The van der Waals surface area contributed by atoms with E-state index in [9.17, 15) is 0 Å². The lowest BCUT2D eigenvalue weighted by Crippen LogP contribution is -2.24. The number of hydrogen-bond acceptors (Lipinski definition) is 2. The maximum atomic E-state index is 3.50. The third-order valence-corrected chi connectivity index (χ3v) is 4.79. The smallest absolute Gasteiger partial charge is 0.0329 e. The summed E-state index contributed by atoms with van der Waals surface area (Å²) in [6.45, 7) is 3.30. The third kappa shape index (κ3) is 3.54. The van der Waals surface area contributed by atoms with Crippen LogP contribution in [0.1, 0.15) is 29.2 Å². The van der Waals surface area contributed by atoms with E-state index >= 15 is 0 Å². The van der Waals surface area contributed by atoms with E-state index < -0.39 is 0 Å². The van der Waals surface area contributed by atoms with Gasteiger partial charge in [-0.05, 0) is 42.3 Å². The quantitative estimate of drug-likeness (QED) is 0.877. The second kappa shape index (κ2) is 6.73. The molecule has 0 spiro atoms. The van der Waals surface area contributed by atoms with Gasteiger partial charge >= 0.3 is 0 Å². The molecule has 0 radical (unpaired) electrons.